The van der Waals surface area contributed by atoms with Crippen molar-refractivity contribution in [3.05, 3.63) is 52.5 Å². The summed E-state index contributed by atoms with van der Waals surface area (Å²) in [5.74, 6) is 1.57. The predicted octanol–water partition coefficient (Wildman–Crippen LogP) is 5.71. The molecule has 182 valence electrons. The second kappa shape index (κ2) is 9.78. The summed E-state index contributed by atoms with van der Waals surface area (Å²) in [5.41, 5.74) is 2.22. The van der Waals surface area contributed by atoms with Crippen LogP contribution in [0.5, 0.6) is 11.5 Å². The number of methoxy groups -OCH3 is 2. The normalized spacial score (nSPS) is 26.9. The van der Waals surface area contributed by atoms with Crippen LogP contribution in [0.4, 0.5) is 10.5 Å². The molecule has 0 bridgehead atoms. The van der Waals surface area contributed by atoms with E-state index in [1.54, 1.807) is 14.2 Å². The van der Waals surface area contributed by atoms with Crippen molar-refractivity contribution in [1.82, 2.24) is 10.2 Å². The number of ether oxygens (including phenoxy) is 2. The summed E-state index contributed by atoms with van der Waals surface area (Å²) >= 11 is 3.47. The number of benzene rings is 2. The highest BCUT2D eigenvalue weighted by molar-refractivity contribution is 9.10. The number of fused-ring (bicyclic) bond motifs is 1. The highest BCUT2D eigenvalue weighted by Gasteiger charge is 2.53. The number of amides is 2. The molecule has 7 heteroatoms. The number of rotatable bonds is 6. The Morgan fingerprint density at radius 3 is 2.59 bits per heavy atom. The maximum absolute atomic E-state index is 12.8. The number of carbonyl (C=O) groups excluding carboxylic acids is 1. The van der Waals surface area contributed by atoms with Crippen molar-refractivity contribution in [1.29, 1.82) is 0 Å². The molecule has 2 aromatic carbocycles. The second-order valence-electron chi connectivity index (χ2n) is 9.89. The highest BCUT2D eigenvalue weighted by atomic mass is 79.9. The van der Waals surface area contributed by atoms with Crippen molar-refractivity contribution in [2.24, 2.45) is 0 Å². The van der Waals surface area contributed by atoms with Gasteiger partial charge in [-0.15, -0.1) is 0 Å². The molecule has 2 saturated carbocycles. The summed E-state index contributed by atoms with van der Waals surface area (Å²) in [4.78, 5) is 15.5. The zero-order valence-electron chi connectivity index (χ0n) is 20.0. The average molecular weight is 528 g/mol. The molecule has 3 fully saturated rings. The van der Waals surface area contributed by atoms with Gasteiger partial charge in [0.1, 0.15) is 0 Å². The topological polar surface area (TPSA) is 62.8 Å². The first-order chi connectivity index (χ1) is 16.5. The highest BCUT2D eigenvalue weighted by Crippen LogP contribution is 2.52. The Morgan fingerprint density at radius 2 is 1.88 bits per heavy atom. The van der Waals surface area contributed by atoms with Crippen LogP contribution in [0, 0.1) is 0 Å². The third-order valence-electron chi connectivity index (χ3n) is 8.22. The van der Waals surface area contributed by atoms with Crippen LogP contribution in [-0.4, -0.2) is 49.8 Å². The predicted molar refractivity (Wildman–Crippen MR) is 138 cm³/mol. The number of halogens is 1. The van der Waals surface area contributed by atoms with E-state index in [4.69, 9.17) is 9.47 Å². The Labute approximate surface area is 210 Å². The fourth-order valence-electron chi connectivity index (χ4n) is 6.27. The number of anilines is 1. The molecule has 0 spiro atoms. The molecule has 2 aliphatic carbocycles. The lowest BCUT2D eigenvalue weighted by Gasteiger charge is -2.48. The van der Waals surface area contributed by atoms with Gasteiger partial charge in [0.2, 0.25) is 0 Å². The number of urea groups is 1. The zero-order valence-corrected chi connectivity index (χ0v) is 21.6. The summed E-state index contributed by atoms with van der Waals surface area (Å²) in [6.07, 6.45) is 8.05. The Balaban J connectivity index is 1.36. The van der Waals surface area contributed by atoms with Crippen LogP contribution in [-0.2, 0) is 5.41 Å². The first kappa shape index (κ1) is 23.5. The Bertz CT molecular complexity index is 1040. The minimum Gasteiger partial charge on any atom is -0.493 e. The van der Waals surface area contributed by atoms with E-state index in [9.17, 15) is 4.79 Å². The van der Waals surface area contributed by atoms with Gasteiger partial charge >= 0.3 is 6.03 Å². The monoisotopic (exact) mass is 527 g/mol. The van der Waals surface area contributed by atoms with Gasteiger partial charge in [-0.3, -0.25) is 4.90 Å². The smallest absolute Gasteiger partial charge is 0.319 e. The van der Waals surface area contributed by atoms with Crippen molar-refractivity contribution in [3.8, 4) is 11.5 Å². The van der Waals surface area contributed by atoms with Crippen LogP contribution in [0.3, 0.4) is 0 Å². The number of nitrogens with zero attached hydrogens (tertiary/aromatic N) is 1. The molecule has 1 aliphatic heterocycles. The van der Waals surface area contributed by atoms with Gasteiger partial charge in [0, 0.05) is 33.7 Å². The molecule has 0 unspecified atom stereocenters. The van der Waals surface area contributed by atoms with Crippen molar-refractivity contribution in [3.63, 3.8) is 0 Å². The Morgan fingerprint density at radius 1 is 1.06 bits per heavy atom. The van der Waals surface area contributed by atoms with E-state index in [1.807, 2.05) is 30.3 Å². The first-order valence-corrected chi connectivity index (χ1v) is 13.1. The Hall–Kier alpha value is -2.25. The molecule has 34 heavy (non-hydrogen) atoms. The maximum atomic E-state index is 12.8. The van der Waals surface area contributed by atoms with Crippen LogP contribution in [0.2, 0.25) is 0 Å². The average Bonchev–Trinajstić information content (AvgIpc) is 3.17. The van der Waals surface area contributed by atoms with Crippen molar-refractivity contribution < 1.29 is 14.3 Å². The van der Waals surface area contributed by atoms with Crippen LogP contribution < -0.4 is 20.1 Å². The van der Waals surface area contributed by atoms with E-state index >= 15 is 0 Å². The Kier molecular flexibility index (Phi) is 6.76. The number of likely N-dealkylation sites (tertiary alicyclic amines) is 1. The second-order valence-corrected chi connectivity index (χ2v) is 10.8. The quantitative estimate of drug-likeness (QED) is 0.505. The van der Waals surface area contributed by atoms with E-state index in [1.165, 1.54) is 24.8 Å². The first-order valence-electron chi connectivity index (χ1n) is 12.3. The number of hydrogen-bond donors (Lipinski definition) is 2. The van der Waals surface area contributed by atoms with Gasteiger partial charge in [-0.1, -0.05) is 34.5 Å². The summed E-state index contributed by atoms with van der Waals surface area (Å²) in [6, 6.07) is 15.3. The van der Waals surface area contributed by atoms with E-state index in [2.05, 4.69) is 43.6 Å². The molecule has 5 rings (SSSR count). The largest absolute Gasteiger partial charge is 0.493 e. The molecule has 1 heterocycles. The summed E-state index contributed by atoms with van der Waals surface area (Å²) in [7, 11) is 3.39. The molecule has 0 radical (unpaired) electrons. The lowest BCUT2D eigenvalue weighted by molar-refractivity contribution is 0.0646. The van der Waals surface area contributed by atoms with E-state index in [0.29, 0.717) is 12.1 Å². The van der Waals surface area contributed by atoms with Gasteiger partial charge in [0.05, 0.1) is 14.2 Å². The molecular formula is C27H34BrN3O3. The lowest BCUT2D eigenvalue weighted by atomic mass is 9.64. The molecule has 2 aromatic rings. The number of hydrogen-bond acceptors (Lipinski definition) is 4. The standard InChI is InChI=1S/C27H34BrN3O3/c1-33-23-10-9-18(15-24(23)34-2)27-12-11-21(17-25(27)31(14-13-27)22-7-4-8-22)30-26(32)29-20-6-3-5-19(28)16-20/h3,5-6,9-10,15-16,21-22,25H,4,7-8,11-14,17H2,1-2H3,(H2,29,30,32)/t21-,25+,27-/m0/s1. The maximum Gasteiger partial charge on any atom is 0.319 e. The summed E-state index contributed by atoms with van der Waals surface area (Å²) < 4.78 is 12.1. The van der Waals surface area contributed by atoms with Crippen LogP contribution in [0.15, 0.2) is 46.9 Å². The van der Waals surface area contributed by atoms with Gasteiger partial charge in [-0.2, -0.15) is 0 Å². The summed E-state index contributed by atoms with van der Waals surface area (Å²) in [6.45, 7) is 1.13. The minimum atomic E-state index is -0.130. The molecule has 0 aromatic heterocycles. The van der Waals surface area contributed by atoms with Gasteiger partial charge in [0.15, 0.2) is 11.5 Å². The van der Waals surface area contributed by atoms with Gasteiger partial charge in [-0.05, 0) is 81.0 Å². The third kappa shape index (κ3) is 4.40. The van der Waals surface area contributed by atoms with Crippen LogP contribution in [0.1, 0.15) is 50.5 Å². The fourth-order valence-corrected chi connectivity index (χ4v) is 6.67. The summed E-state index contributed by atoms with van der Waals surface area (Å²) in [5, 5.41) is 6.26. The molecule has 1 saturated heterocycles. The minimum absolute atomic E-state index is 0.0914. The van der Waals surface area contributed by atoms with Crippen molar-refractivity contribution >= 4 is 27.6 Å². The zero-order chi connectivity index (χ0) is 23.7. The third-order valence-corrected chi connectivity index (χ3v) is 8.71. The SMILES string of the molecule is COc1ccc([C@@]23CC[C@H](NC(=O)Nc4cccc(Br)c4)C[C@H]2N(C2CCC2)CC3)cc1OC. The lowest BCUT2D eigenvalue weighted by Crippen LogP contribution is -2.55. The molecule has 2 N–H and O–H groups in total. The number of carbonyl (C=O) groups is 1. The fraction of sp³-hybridized carbons (Fsp3) is 0.519. The van der Waals surface area contributed by atoms with E-state index in [0.717, 1.165) is 53.9 Å². The molecular weight excluding hydrogens is 494 g/mol. The number of nitrogens with one attached hydrogen (secondary N) is 2. The molecule has 2 amide bonds. The van der Waals surface area contributed by atoms with Crippen molar-refractivity contribution in [2.45, 2.75) is 68.5 Å². The van der Waals surface area contributed by atoms with Gasteiger partial charge < -0.3 is 20.1 Å². The van der Waals surface area contributed by atoms with Crippen molar-refractivity contribution in [2.75, 3.05) is 26.1 Å². The van der Waals surface area contributed by atoms with Gasteiger partial charge in [0.25, 0.3) is 0 Å². The molecule has 3 aliphatic rings. The van der Waals surface area contributed by atoms with E-state index in [-0.39, 0.29) is 17.5 Å². The van der Waals surface area contributed by atoms with Gasteiger partial charge in [-0.25, -0.2) is 4.79 Å². The van der Waals surface area contributed by atoms with Crippen LogP contribution in [0.25, 0.3) is 0 Å². The molecule has 6 nitrogen and oxygen atoms in total. The van der Waals surface area contributed by atoms with Crippen LogP contribution >= 0.6 is 15.9 Å². The molecule has 3 atom stereocenters. The van der Waals surface area contributed by atoms with E-state index < -0.39 is 0 Å².